The molecule has 5 heteroatoms. The van der Waals surface area contributed by atoms with Crippen molar-refractivity contribution in [3.05, 3.63) is 34.7 Å². The van der Waals surface area contributed by atoms with Gasteiger partial charge in [0.15, 0.2) is 0 Å². The van der Waals surface area contributed by atoms with Gasteiger partial charge in [0.25, 0.3) is 0 Å². The molecule has 2 rings (SSSR count). The first kappa shape index (κ1) is 11.9. The Balaban J connectivity index is 2.13. The van der Waals surface area contributed by atoms with Gasteiger partial charge in [-0.1, -0.05) is 19.4 Å². The summed E-state index contributed by atoms with van der Waals surface area (Å²) in [6.07, 6.45) is 3.86. The van der Waals surface area contributed by atoms with E-state index in [1.54, 1.807) is 17.5 Å². The molecule has 0 aromatic carbocycles. The minimum absolute atomic E-state index is 0.300. The van der Waals surface area contributed by atoms with Crippen LogP contribution in [0.25, 0.3) is 0 Å². The molecule has 0 saturated heterocycles. The predicted molar refractivity (Wildman–Crippen MR) is 72.0 cm³/mol. The molecule has 0 radical (unpaired) electrons. The van der Waals surface area contributed by atoms with Crippen molar-refractivity contribution in [2.24, 2.45) is 0 Å². The SMILES string of the molecule is CCCC(Nc1ccnc(N)n1)c1cccs1. The minimum Gasteiger partial charge on any atom is -0.368 e. The average Bonchev–Trinajstić information content (AvgIpc) is 2.82. The summed E-state index contributed by atoms with van der Waals surface area (Å²) >= 11 is 1.76. The Bertz CT molecular complexity index is 455. The quantitative estimate of drug-likeness (QED) is 0.853. The van der Waals surface area contributed by atoms with Gasteiger partial charge < -0.3 is 11.1 Å². The van der Waals surface area contributed by atoms with Crippen LogP contribution in [0.3, 0.4) is 0 Å². The molecule has 2 heterocycles. The maximum absolute atomic E-state index is 5.57. The van der Waals surface area contributed by atoms with Crippen LogP contribution < -0.4 is 11.1 Å². The summed E-state index contributed by atoms with van der Waals surface area (Å²) in [4.78, 5) is 9.37. The van der Waals surface area contributed by atoms with E-state index in [1.165, 1.54) is 4.88 Å². The van der Waals surface area contributed by atoms with E-state index in [4.69, 9.17) is 5.73 Å². The molecule has 2 aromatic heterocycles. The summed E-state index contributed by atoms with van der Waals surface area (Å²) < 4.78 is 0. The number of nitrogens with two attached hydrogens (primary N) is 1. The highest BCUT2D eigenvalue weighted by molar-refractivity contribution is 7.10. The van der Waals surface area contributed by atoms with Crippen molar-refractivity contribution in [3.63, 3.8) is 0 Å². The van der Waals surface area contributed by atoms with Gasteiger partial charge in [-0.25, -0.2) is 4.98 Å². The van der Waals surface area contributed by atoms with Gasteiger partial charge in [-0.15, -0.1) is 11.3 Å². The van der Waals surface area contributed by atoms with Gasteiger partial charge in [-0.3, -0.25) is 0 Å². The van der Waals surface area contributed by atoms with Gasteiger partial charge in [0.1, 0.15) is 5.82 Å². The van der Waals surface area contributed by atoms with Crippen LogP contribution in [0.15, 0.2) is 29.8 Å². The topological polar surface area (TPSA) is 63.8 Å². The van der Waals surface area contributed by atoms with E-state index in [9.17, 15) is 0 Å². The zero-order chi connectivity index (χ0) is 12.1. The molecule has 1 atom stereocenters. The number of thiophene rings is 1. The van der Waals surface area contributed by atoms with Crippen molar-refractivity contribution in [2.75, 3.05) is 11.1 Å². The Kier molecular flexibility index (Phi) is 3.93. The summed E-state index contributed by atoms with van der Waals surface area (Å²) in [7, 11) is 0. The average molecular weight is 248 g/mol. The lowest BCUT2D eigenvalue weighted by molar-refractivity contribution is 0.684. The van der Waals surface area contributed by atoms with Crippen molar-refractivity contribution < 1.29 is 0 Å². The van der Waals surface area contributed by atoms with Gasteiger partial charge >= 0.3 is 0 Å². The molecule has 0 bridgehead atoms. The molecule has 3 N–H and O–H groups in total. The zero-order valence-electron chi connectivity index (χ0n) is 9.76. The standard InChI is InChI=1S/C12H16N4S/c1-2-4-9(10-5-3-8-17-10)15-11-6-7-14-12(13)16-11/h3,5-9H,2,4H2,1H3,(H3,13,14,15,16). The molecular formula is C12H16N4S. The molecule has 17 heavy (non-hydrogen) atoms. The second kappa shape index (κ2) is 5.63. The number of rotatable bonds is 5. The summed E-state index contributed by atoms with van der Waals surface area (Å²) in [5, 5.41) is 5.49. The van der Waals surface area contributed by atoms with Crippen molar-refractivity contribution in [1.82, 2.24) is 9.97 Å². The number of nitrogens with one attached hydrogen (secondary N) is 1. The van der Waals surface area contributed by atoms with Crippen LogP contribution in [0.4, 0.5) is 11.8 Å². The third kappa shape index (κ3) is 3.17. The lowest BCUT2D eigenvalue weighted by Gasteiger charge is -2.17. The number of nitrogens with zero attached hydrogens (tertiary/aromatic N) is 2. The maximum Gasteiger partial charge on any atom is 0.221 e. The largest absolute Gasteiger partial charge is 0.368 e. The minimum atomic E-state index is 0.300. The monoisotopic (exact) mass is 248 g/mol. The van der Waals surface area contributed by atoms with E-state index in [2.05, 4.69) is 39.7 Å². The third-order valence-electron chi connectivity index (χ3n) is 2.46. The van der Waals surface area contributed by atoms with E-state index >= 15 is 0 Å². The van der Waals surface area contributed by atoms with E-state index < -0.39 is 0 Å². The second-order valence-corrected chi connectivity index (χ2v) is 4.78. The van der Waals surface area contributed by atoms with Crippen LogP contribution in [-0.2, 0) is 0 Å². The van der Waals surface area contributed by atoms with Crippen molar-refractivity contribution in [2.45, 2.75) is 25.8 Å². The molecule has 0 amide bonds. The molecule has 0 spiro atoms. The summed E-state index contributed by atoms with van der Waals surface area (Å²) in [5.74, 6) is 1.08. The molecule has 0 aliphatic rings. The first-order valence-corrected chi connectivity index (χ1v) is 6.56. The fourth-order valence-corrected chi connectivity index (χ4v) is 2.51. The van der Waals surface area contributed by atoms with Gasteiger partial charge in [0, 0.05) is 11.1 Å². The number of hydrogen-bond donors (Lipinski definition) is 2. The lowest BCUT2D eigenvalue weighted by Crippen LogP contribution is -2.11. The Morgan fingerprint density at radius 3 is 3.00 bits per heavy atom. The van der Waals surface area contributed by atoms with Crippen LogP contribution in [0, 0.1) is 0 Å². The van der Waals surface area contributed by atoms with E-state index in [-0.39, 0.29) is 0 Å². The molecular weight excluding hydrogens is 232 g/mol. The normalized spacial score (nSPS) is 12.3. The number of aromatic nitrogens is 2. The molecule has 1 unspecified atom stereocenters. The van der Waals surface area contributed by atoms with Crippen molar-refractivity contribution in [1.29, 1.82) is 0 Å². The Labute approximate surface area is 105 Å². The first-order valence-electron chi connectivity index (χ1n) is 5.68. The van der Waals surface area contributed by atoms with E-state index in [1.807, 2.05) is 6.07 Å². The molecule has 0 aliphatic heterocycles. The molecule has 90 valence electrons. The fourth-order valence-electron chi connectivity index (χ4n) is 1.70. The molecule has 0 saturated carbocycles. The van der Waals surface area contributed by atoms with E-state index in [0.29, 0.717) is 12.0 Å². The van der Waals surface area contributed by atoms with E-state index in [0.717, 1.165) is 18.7 Å². The van der Waals surface area contributed by atoms with Crippen LogP contribution >= 0.6 is 11.3 Å². The maximum atomic E-state index is 5.57. The number of hydrogen-bond acceptors (Lipinski definition) is 5. The Morgan fingerprint density at radius 2 is 2.35 bits per heavy atom. The van der Waals surface area contributed by atoms with Crippen molar-refractivity contribution >= 4 is 23.1 Å². The van der Waals surface area contributed by atoms with Gasteiger partial charge in [0.2, 0.25) is 5.95 Å². The highest BCUT2D eigenvalue weighted by Gasteiger charge is 2.12. The Morgan fingerprint density at radius 1 is 1.47 bits per heavy atom. The number of anilines is 2. The summed E-state index contributed by atoms with van der Waals surface area (Å²) in [6.45, 7) is 2.18. The highest BCUT2D eigenvalue weighted by atomic mass is 32.1. The third-order valence-corrected chi connectivity index (χ3v) is 3.45. The molecule has 0 fully saturated rings. The predicted octanol–water partition coefficient (Wildman–Crippen LogP) is 3.07. The molecule has 2 aromatic rings. The summed E-state index contributed by atoms with van der Waals surface area (Å²) in [5.41, 5.74) is 5.57. The summed E-state index contributed by atoms with van der Waals surface area (Å²) in [6, 6.07) is 6.35. The van der Waals surface area contributed by atoms with Crippen LogP contribution in [0.5, 0.6) is 0 Å². The van der Waals surface area contributed by atoms with Crippen LogP contribution in [0.1, 0.15) is 30.7 Å². The zero-order valence-corrected chi connectivity index (χ0v) is 10.6. The first-order chi connectivity index (χ1) is 8.29. The Hall–Kier alpha value is -1.62. The lowest BCUT2D eigenvalue weighted by atomic mass is 10.1. The van der Waals surface area contributed by atoms with Gasteiger partial charge in [-0.05, 0) is 23.9 Å². The van der Waals surface area contributed by atoms with Crippen LogP contribution in [0.2, 0.25) is 0 Å². The van der Waals surface area contributed by atoms with Crippen LogP contribution in [-0.4, -0.2) is 9.97 Å². The highest BCUT2D eigenvalue weighted by Crippen LogP contribution is 2.26. The fraction of sp³-hybridized carbons (Fsp3) is 0.333. The number of nitrogen functional groups attached to an aromatic ring is 1. The van der Waals surface area contributed by atoms with Crippen molar-refractivity contribution in [3.8, 4) is 0 Å². The molecule has 0 aliphatic carbocycles. The second-order valence-electron chi connectivity index (χ2n) is 3.80. The molecule has 4 nitrogen and oxygen atoms in total. The smallest absolute Gasteiger partial charge is 0.221 e. The van der Waals surface area contributed by atoms with Gasteiger partial charge in [-0.2, -0.15) is 4.98 Å². The van der Waals surface area contributed by atoms with Gasteiger partial charge in [0.05, 0.1) is 6.04 Å².